The van der Waals surface area contributed by atoms with Crippen molar-refractivity contribution in [3.05, 3.63) is 53.1 Å². The van der Waals surface area contributed by atoms with Crippen molar-refractivity contribution in [3.63, 3.8) is 0 Å². The Morgan fingerprint density at radius 2 is 1.73 bits per heavy atom. The number of allylic oxidation sites excluding steroid dienone is 4. The lowest BCUT2D eigenvalue weighted by atomic mass is 10.1. The van der Waals surface area contributed by atoms with Crippen LogP contribution in [0.4, 0.5) is 0 Å². The molecule has 1 rings (SSSR count). The predicted octanol–water partition coefficient (Wildman–Crippen LogP) is 3.87. The van der Waals surface area contributed by atoms with Crippen LogP contribution in [0, 0.1) is 18.3 Å². The van der Waals surface area contributed by atoms with Crippen molar-refractivity contribution in [1.82, 2.24) is 0 Å². The van der Waals surface area contributed by atoms with Gasteiger partial charge in [0.1, 0.15) is 0 Å². The molecule has 0 saturated heterocycles. The Balaban J connectivity index is 2.91. The summed E-state index contributed by atoms with van der Waals surface area (Å²) in [5, 5.41) is 8.61. The Bertz CT molecular complexity index is 427. The molecule has 0 saturated carbocycles. The highest BCUT2D eigenvalue weighted by Gasteiger charge is 1.93. The minimum Gasteiger partial charge on any atom is -0.193 e. The quantitative estimate of drug-likeness (QED) is 0.521. The molecule has 0 fully saturated rings. The van der Waals surface area contributed by atoms with Crippen molar-refractivity contribution in [2.75, 3.05) is 0 Å². The first-order valence-electron chi connectivity index (χ1n) is 4.96. The van der Waals surface area contributed by atoms with Gasteiger partial charge < -0.3 is 0 Å². The summed E-state index contributed by atoms with van der Waals surface area (Å²) in [5.74, 6) is 0. The third kappa shape index (κ3) is 3.44. The number of hydrogen-bond donors (Lipinski definition) is 0. The molecule has 0 spiro atoms. The average molecular weight is 197 g/mol. The first-order valence-corrected chi connectivity index (χ1v) is 4.96. The summed E-state index contributed by atoms with van der Waals surface area (Å²) in [6.45, 7) is 5.92. The Labute approximate surface area is 91.4 Å². The molecule has 15 heavy (non-hydrogen) atoms. The van der Waals surface area contributed by atoms with Crippen molar-refractivity contribution in [3.8, 4) is 6.07 Å². The molecular weight excluding hydrogens is 182 g/mol. The van der Waals surface area contributed by atoms with Gasteiger partial charge >= 0.3 is 0 Å². The Hall–Kier alpha value is -1.81. The molecule has 0 aromatic heterocycles. The van der Waals surface area contributed by atoms with Crippen LogP contribution in [0.1, 0.15) is 25.0 Å². The maximum absolute atomic E-state index is 8.61. The highest BCUT2D eigenvalue weighted by molar-refractivity contribution is 5.65. The Kier molecular flexibility index (Phi) is 3.88. The van der Waals surface area contributed by atoms with Crippen LogP contribution in [0.15, 0.2) is 42.0 Å². The molecule has 76 valence electrons. The molecule has 1 nitrogen and oxygen atoms in total. The molecule has 1 aromatic carbocycles. The van der Waals surface area contributed by atoms with E-state index in [0.717, 1.165) is 5.57 Å². The molecular formula is C14H15N. The van der Waals surface area contributed by atoms with E-state index in [1.54, 1.807) is 6.92 Å². The first kappa shape index (κ1) is 11.3. The van der Waals surface area contributed by atoms with Crippen molar-refractivity contribution in [2.24, 2.45) is 0 Å². The predicted molar refractivity (Wildman–Crippen MR) is 64.2 cm³/mol. The lowest BCUT2D eigenvalue weighted by Gasteiger charge is -2.00. The molecule has 0 aliphatic heterocycles. The number of benzene rings is 1. The summed E-state index contributed by atoms with van der Waals surface area (Å²) in [4.78, 5) is 0. The number of hydrogen-bond acceptors (Lipinski definition) is 1. The fraction of sp³-hybridized carbons (Fsp3) is 0.214. The number of rotatable bonds is 2. The van der Waals surface area contributed by atoms with Gasteiger partial charge in [0.15, 0.2) is 0 Å². The van der Waals surface area contributed by atoms with Crippen LogP contribution in [-0.2, 0) is 0 Å². The van der Waals surface area contributed by atoms with E-state index >= 15 is 0 Å². The maximum Gasteiger partial charge on any atom is 0.0944 e. The summed E-state index contributed by atoms with van der Waals surface area (Å²) < 4.78 is 0. The molecule has 0 aliphatic rings. The fourth-order valence-electron chi connectivity index (χ4n) is 1.20. The third-order valence-corrected chi connectivity index (χ3v) is 2.27. The largest absolute Gasteiger partial charge is 0.193 e. The van der Waals surface area contributed by atoms with E-state index in [9.17, 15) is 0 Å². The summed E-state index contributed by atoms with van der Waals surface area (Å²) in [5.41, 5.74) is 4.35. The smallest absolute Gasteiger partial charge is 0.0944 e. The highest BCUT2D eigenvalue weighted by atomic mass is 14.2. The number of nitriles is 1. The molecule has 1 heteroatoms. The van der Waals surface area contributed by atoms with E-state index in [2.05, 4.69) is 37.3 Å². The zero-order valence-electron chi connectivity index (χ0n) is 9.41. The molecule has 0 N–H and O–H groups in total. The maximum atomic E-state index is 8.61. The number of aryl methyl sites for hydroxylation is 1. The monoisotopic (exact) mass is 197 g/mol. The molecule has 0 aliphatic carbocycles. The van der Waals surface area contributed by atoms with E-state index in [0.29, 0.717) is 0 Å². The molecule has 0 amide bonds. The van der Waals surface area contributed by atoms with Gasteiger partial charge in [0.2, 0.25) is 0 Å². The SMILES string of the molecule is C/C(C#N)=C\C=C(/C)c1ccc(C)cc1. The van der Waals surface area contributed by atoms with Crippen LogP contribution in [0.2, 0.25) is 0 Å². The van der Waals surface area contributed by atoms with E-state index in [1.165, 1.54) is 16.7 Å². The fourth-order valence-corrected chi connectivity index (χ4v) is 1.20. The summed E-state index contributed by atoms with van der Waals surface area (Å²) in [7, 11) is 0. The second kappa shape index (κ2) is 5.17. The third-order valence-electron chi connectivity index (χ3n) is 2.27. The molecule has 0 heterocycles. The van der Waals surface area contributed by atoms with Crippen LogP contribution in [-0.4, -0.2) is 0 Å². The van der Waals surface area contributed by atoms with Crippen molar-refractivity contribution < 1.29 is 0 Å². The number of nitrogens with zero attached hydrogens (tertiary/aromatic N) is 1. The van der Waals surface area contributed by atoms with Gasteiger partial charge in [0.05, 0.1) is 6.07 Å². The average Bonchev–Trinajstić information content (AvgIpc) is 2.26. The summed E-state index contributed by atoms with van der Waals surface area (Å²) in [6, 6.07) is 10.5. The van der Waals surface area contributed by atoms with E-state index in [1.807, 2.05) is 19.1 Å². The molecule has 1 aromatic rings. The van der Waals surface area contributed by atoms with Crippen LogP contribution in [0.5, 0.6) is 0 Å². The standard InChI is InChI=1S/C14H15N/c1-11-5-8-14(9-6-11)13(3)7-4-12(2)10-15/h4-9H,1-3H3/b12-4+,13-7+. The lowest BCUT2D eigenvalue weighted by Crippen LogP contribution is -1.79. The van der Waals surface area contributed by atoms with E-state index in [-0.39, 0.29) is 0 Å². The van der Waals surface area contributed by atoms with Gasteiger partial charge in [-0.15, -0.1) is 0 Å². The Morgan fingerprint density at radius 1 is 1.13 bits per heavy atom. The van der Waals surface area contributed by atoms with Gasteiger partial charge in [0, 0.05) is 5.57 Å². The molecule has 0 unspecified atom stereocenters. The van der Waals surface area contributed by atoms with E-state index < -0.39 is 0 Å². The van der Waals surface area contributed by atoms with Gasteiger partial charge in [-0.05, 0) is 38.0 Å². The van der Waals surface area contributed by atoms with Crippen molar-refractivity contribution in [1.29, 1.82) is 5.26 Å². The lowest BCUT2D eigenvalue weighted by molar-refractivity contribution is 1.43. The zero-order chi connectivity index (χ0) is 11.3. The topological polar surface area (TPSA) is 23.8 Å². The second-order valence-corrected chi connectivity index (χ2v) is 3.68. The van der Waals surface area contributed by atoms with Crippen molar-refractivity contribution >= 4 is 5.57 Å². The first-order chi connectivity index (χ1) is 7.13. The summed E-state index contributed by atoms with van der Waals surface area (Å²) in [6.07, 6.45) is 3.82. The second-order valence-electron chi connectivity index (χ2n) is 3.68. The minimum atomic E-state index is 0.724. The van der Waals surface area contributed by atoms with Gasteiger partial charge in [-0.1, -0.05) is 35.9 Å². The van der Waals surface area contributed by atoms with Crippen molar-refractivity contribution in [2.45, 2.75) is 20.8 Å². The van der Waals surface area contributed by atoms with E-state index in [4.69, 9.17) is 5.26 Å². The molecule has 0 radical (unpaired) electrons. The van der Waals surface area contributed by atoms with Gasteiger partial charge in [0.25, 0.3) is 0 Å². The normalized spacial score (nSPS) is 12.4. The van der Waals surface area contributed by atoms with Crippen LogP contribution in [0.3, 0.4) is 0 Å². The van der Waals surface area contributed by atoms with Crippen LogP contribution in [0.25, 0.3) is 5.57 Å². The van der Waals surface area contributed by atoms with Crippen LogP contribution >= 0.6 is 0 Å². The van der Waals surface area contributed by atoms with Gasteiger partial charge in [-0.3, -0.25) is 0 Å². The van der Waals surface area contributed by atoms with Crippen LogP contribution < -0.4 is 0 Å². The zero-order valence-corrected chi connectivity index (χ0v) is 9.41. The molecule has 0 atom stereocenters. The summed E-state index contributed by atoms with van der Waals surface area (Å²) >= 11 is 0. The highest BCUT2D eigenvalue weighted by Crippen LogP contribution is 2.14. The van der Waals surface area contributed by atoms with Gasteiger partial charge in [-0.2, -0.15) is 5.26 Å². The minimum absolute atomic E-state index is 0.724. The Morgan fingerprint density at radius 3 is 2.27 bits per heavy atom. The molecule has 0 bridgehead atoms. The van der Waals surface area contributed by atoms with Gasteiger partial charge in [-0.25, -0.2) is 0 Å².